The summed E-state index contributed by atoms with van der Waals surface area (Å²) in [5.74, 6) is 0. The van der Waals surface area contributed by atoms with E-state index in [2.05, 4.69) is 16.0 Å². The number of hydrogen-bond donors (Lipinski definition) is 0. The third-order valence-corrected chi connectivity index (χ3v) is 2.96. The molecule has 0 radical (unpaired) electrons. The number of rotatable bonds is 2. The van der Waals surface area contributed by atoms with Crippen molar-refractivity contribution in [3.8, 4) is 0 Å². The lowest BCUT2D eigenvalue weighted by Crippen LogP contribution is -2.33. The van der Waals surface area contributed by atoms with E-state index in [-0.39, 0.29) is 0 Å². The van der Waals surface area contributed by atoms with Crippen LogP contribution < -0.4 is 0 Å². The van der Waals surface area contributed by atoms with Crippen LogP contribution in [0.25, 0.3) is 0 Å². The normalized spacial score (nSPS) is 25.9. The first-order valence-corrected chi connectivity index (χ1v) is 5.17. The highest BCUT2D eigenvalue weighted by Crippen LogP contribution is 2.20. The molecule has 1 atom stereocenters. The largest absolute Gasteiger partial charge is 0.372 e. The van der Waals surface area contributed by atoms with Crippen molar-refractivity contribution in [1.82, 2.24) is 9.88 Å². The first-order chi connectivity index (χ1) is 6.92. The Labute approximate surface area is 83.7 Å². The zero-order chi connectivity index (χ0) is 9.38. The maximum atomic E-state index is 5.25. The Bertz CT molecular complexity index is 336. The van der Waals surface area contributed by atoms with Crippen LogP contribution in [0.3, 0.4) is 0 Å². The summed E-state index contributed by atoms with van der Waals surface area (Å²) >= 11 is 0. The quantitative estimate of drug-likeness (QED) is 0.647. The first-order valence-electron chi connectivity index (χ1n) is 5.17. The van der Waals surface area contributed by atoms with E-state index in [1.807, 2.05) is 12.4 Å². The van der Waals surface area contributed by atoms with Crippen molar-refractivity contribution in [3.63, 3.8) is 0 Å². The van der Waals surface area contributed by atoms with Crippen LogP contribution in [0.2, 0.25) is 0 Å². The molecule has 0 unspecified atom stereocenters. The zero-order valence-corrected chi connectivity index (χ0v) is 8.15. The van der Waals surface area contributed by atoms with Crippen LogP contribution in [-0.4, -0.2) is 35.7 Å². The summed E-state index contributed by atoms with van der Waals surface area (Å²) in [4.78, 5) is 6.63. The molecule has 3 nitrogen and oxygen atoms in total. The Balaban J connectivity index is 1.72. The van der Waals surface area contributed by atoms with Gasteiger partial charge in [-0.3, -0.25) is 9.88 Å². The minimum absolute atomic E-state index is 0.512. The molecule has 2 aliphatic rings. The summed E-state index contributed by atoms with van der Waals surface area (Å²) in [7, 11) is 0. The molecular formula is C11H14N2O. The third-order valence-electron chi connectivity index (χ3n) is 2.96. The predicted octanol–water partition coefficient (Wildman–Crippen LogP) is 0.839. The minimum atomic E-state index is 0.512. The second kappa shape index (κ2) is 3.33. The van der Waals surface area contributed by atoms with Crippen molar-refractivity contribution < 1.29 is 4.74 Å². The maximum absolute atomic E-state index is 5.25. The molecule has 74 valence electrons. The van der Waals surface area contributed by atoms with Crippen molar-refractivity contribution in [2.45, 2.75) is 19.1 Å². The van der Waals surface area contributed by atoms with E-state index in [0.717, 1.165) is 32.7 Å². The van der Waals surface area contributed by atoms with Crippen molar-refractivity contribution in [2.75, 3.05) is 19.7 Å². The number of aromatic nitrogens is 1. The Hall–Kier alpha value is -0.930. The number of epoxide rings is 1. The molecule has 1 saturated heterocycles. The monoisotopic (exact) mass is 190 g/mol. The van der Waals surface area contributed by atoms with Gasteiger partial charge in [0.25, 0.3) is 0 Å². The molecule has 0 spiro atoms. The smallest absolute Gasteiger partial charge is 0.0936 e. The van der Waals surface area contributed by atoms with Crippen LogP contribution >= 0.6 is 0 Å². The molecule has 0 amide bonds. The van der Waals surface area contributed by atoms with E-state index in [4.69, 9.17) is 4.74 Å². The zero-order valence-electron chi connectivity index (χ0n) is 8.15. The van der Waals surface area contributed by atoms with Gasteiger partial charge in [0.15, 0.2) is 0 Å². The van der Waals surface area contributed by atoms with Gasteiger partial charge in [0, 0.05) is 32.0 Å². The number of pyridine rings is 1. The van der Waals surface area contributed by atoms with Crippen molar-refractivity contribution >= 4 is 0 Å². The number of nitrogens with zero attached hydrogens (tertiary/aromatic N) is 2. The van der Waals surface area contributed by atoms with Gasteiger partial charge in [-0.2, -0.15) is 0 Å². The van der Waals surface area contributed by atoms with Crippen LogP contribution in [0.5, 0.6) is 0 Å². The molecule has 2 aliphatic heterocycles. The molecule has 1 fully saturated rings. The summed E-state index contributed by atoms with van der Waals surface area (Å²) < 4.78 is 5.25. The highest BCUT2D eigenvalue weighted by molar-refractivity contribution is 5.25. The molecule has 14 heavy (non-hydrogen) atoms. The fourth-order valence-corrected chi connectivity index (χ4v) is 2.05. The van der Waals surface area contributed by atoms with Crippen LogP contribution in [-0.2, 0) is 17.7 Å². The van der Waals surface area contributed by atoms with E-state index >= 15 is 0 Å². The number of fused-ring (bicyclic) bond motifs is 1. The Morgan fingerprint density at radius 2 is 2.43 bits per heavy atom. The summed E-state index contributed by atoms with van der Waals surface area (Å²) in [6.07, 6.45) is 5.53. The average Bonchev–Trinajstić information content (AvgIpc) is 3.02. The molecule has 0 aliphatic carbocycles. The van der Waals surface area contributed by atoms with E-state index in [1.165, 1.54) is 11.1 Å². The molecule has 0 aromatic carbocycles. The number of hydrogen-bond acceptors (Lipinski definition) is 3. The summed E-state index contributed by atoms with van der Waals surface area (Å²) in [5, 5.41) is 0. The van der Waals surface area contributed by atoms with Gasteiger partial charge in [0.2, 0.25) is 0 Å². The van der Waals surface area contributed by atoms with Gasteiger partial charge < -0.3 is 4.74 Å². The maximum Gasteiger partial charge on any atom is 0.0936 e. The summed E-state index contributed by atoms with van der Waals surface area (Å²) in [6, 6.07) is 2.13. The molecule has 1 aromatic heterocycles. The van der Waals surface area contributed by atoms with Gasteiger partial charge in [-0.1, -0.05) is 0 Å². The van der Waals surface area contributed by atoms with Gasteiger partial charge in [-0.05, 0) is 23.6 Å². The van der Waals surface area contributed by atoms with E-state index in [0.29, 0.717) is 6.10 Å². The van der Waals surface area contributed by atoms with Gasteiger partial charge in [0.1, 0.15) is 0 Å². The lowest BCUT2D eigenvalue weighted by atomic mass is 10.0. The fourth-order valence-electron chi connectivity index (χ4n) is 2.05. The first kappa shape index (κ1) is 8.38. The molecular weight excluding hydrogens is 176 g/mol. The molecule has 1 aromatic rings. The predicted molar refractivity (Wildman–Crippen MR) is 53.0 cm³/mol. The second-order valence-electron chi connectivity index (χ2n) is 4.08. The van der Waals surface area contributed by atoms with Gasteiger partial charge in [0.05, 0.1) is 12.7 Å². The average molecular weight is 190 g/mol. The lowest BCUT2D eigenvalue weighted by Gasteiger charge is -2.27. The van der Waals surface area contributed by atoms with E-state index in [1.54, 1.807) is 0 Å². The topological polar surface area (TPSA) is 28.7 Å². The van der Waals surface area contributed by atoms with Gasteiger partial charge >= 0.3 is 0 Å². The molecule has 0 N–H and O–H groups in total. The van der Waals surface area contributed by atoms with Crippen molar-refractivity contribution in [1.29, 1.82) is 0 Å². The molecule has 0 saturated carbocycles. The minimum Gasteiger partial charge on any atom is -0.372 e. The van der Waals surface area contributed by atoms with Crippen LogP contribution in [0.15, 0.2) is 18.5 Å². The van der Waals surface area contributed by atoms with Gasteiger partial charge in [-0.25, -0.2) is 0 Å². The number of ether oxygens (including phenoxy) is 1. The highest BCUT2D eigenvalue weighted by Gasteiger charge is 2.27. The Morgan fingerprint density at radius 3 is 3.29 bits per heavy atom. The second-order valence-corrected chi connectivity index (χ2v) is 4.08. The SMILES string of the molecule is c1cc2c(cn1)CCN(C[C@@H]1CO1)C2. The lowest BCUT2D eigenvalue weighted by molar-refractivity contribution is 0.226. The van der Waals surface area contributed by atoms with E-state index in [9.17, 15) is 0 Å². The molecule has 3 rings (SSSR count). The molecule has 3 heteroatoms. The van der Waals surface area contributed by atoms with Crippen molar-refractivity contribution in [2.24, 2.45) is 0 Å². The summed E-state index contributed by atoms with van der Waals surface area (Å²) in [5.41, 5.74) is 2.85. The van der Waals surface area contributed by atoms with E-state index < -0.39 is 0 Å². The molecule has 3 heterocycles. The van der Waals surface area contributed by atoms with Crippen LogP contribution in [0.1, 0.15) is 11.1 Å². The van der Waals surface area contributed by atoms with Crippen molar-refractivity contribution in [3.05, 3.63) is 29.6 Å². The summed E-state index contributed by atoms with van der Waals surface area (Å²) in [6.45, 7) is 4.28. The highest BCUT2D eigenvalue weighted by atomic mass is 16.6. The Morgan fingerprint density at radius 1 is 1.50 bits per heavy atom. The fraction of sp³-hybridized carbons (Fsp3) is 0.545. The van der Waals surface area contributed by atoms with Crippen LogP contribution in [0, 0.1) is 0 Å². The molecule has 0 bridgehead atoms. The standard InChI is InChI=1S/C11H14N2O/c1-3-12-5-9-2-4-13(6-10(1)9)7-11-8-14-11/h1,3,5,11H,2,4,6-8H2/t11-/m1/s1. The third kappa shape index (κ3) is 1.65. The van der Waals surface area contributed by atoms with Gasteiger partial charge in [-0.15, -0.1) is 0 Å². The Kier molecular flexibility index (Phi) is 2.00. The van der Waals surface area contributed by atoms with Crippen LogP contribution in [0.4, 0.5) is 0 Å².